The summed E-state index contributed by atoms with van der Waals surface area (Å²) in [5, 5.41) is 3.30. The largest absolute Gasteiger partial charge is 0.493 e. The maximum atomic E-state index is 14.1. The van der Waals surface area contributed by atoms with Crippen LogP contribution in [0.15, 0.2) is 77.7 Å². The Kier molecular flexibility index (Phi) is 11.6. The number of ether oxygens (including phenoxy) is 2. The van der Waals surface area contributed by atoms with Crippen LogP contribution in [0.4, 0.5) is 5.69 Å². The number of nitrogens with zero attached hydrogens (tertiary/aromatic N) is 2. The fourth-order valence-corrected chi connectivity index (χ4v) is 6.07. The highest BCUT2D eigenvalue weighted by atomic mass is 35.5. The van der Waals surface area contributed by atoms with Crippen molar-refractivity contribution in [2.24, 2.45) is 0 Å². The first kappa shape index (κ1) is 32.8. The Hall–Kier alpha value is -3.76. The lowest BCUT2D eigenvalue weighted by atomic mass is 10.1. The van der Waals surface area contributed by atoms with E-state index in [1.165, 1.54) is 49.5 Å². The van der Waals surface area contributed by atoms with E-state index in [1.807, 2.05) is 51.1 Å². The lowest BCUT2D eigenvalue weighted by molar-refractivity contribution is -0.139. The topological polar surface area (TPSA) is 105 Å². The van der Waals surface area contributed by atoms with Gasteiger partial charge in [-0.3, -0.25) is 13.9 Å². The maximum Gasteiger partial charge on any atom is 0.264 e. The molecule has 0 unspecified atom stereocenters. The van der Waals surface area contributed by atoms with E-state index in [1.54, 1.807) is 12.1 Å². The van der Waals surface area contributed by atoms with Gasteiger partial charge in [-0.1, -0.05) is 48.9 Å². The van der Waals surface area contributed by atoms with Crippen molar-refractivity contribution in [3.05, 3.63) is 83.4 Å². The highest BCUT2D eigenvalue weighted by Gasteiger charge is 2.34. The molecule has 0 aliphatic carbocycles. The quantitative estimate of drug-likeness (QED) is 0.276. The standard InChI is InChI=1S/C31H38ClN3O6S/c1-6-27(31(37)33-22(2)3)34(19-18-23-10-8-7-9-11-23)30(36)21-35(25-14-12-24(32)13-15-25)42(38,39)26-16-17-28(40-4)29(20-26)41-5/h7-17,20,22,27H,6,18-19,21H2,1-5H3,(H,33,37)/t27-/m0/s1. The molecule has 0 heterocycles. The summed E-state index contributed by atoms with van der Waals surface area (Å²) < 4.78 is 39.8. The van der Waals surface area contributed by atoms with Crippen molar-refractivity contribution in [1.29, 1.82) is 0 Å². The molecule has 0 bridgehead atoms. The highest BCUT2D eigenvalue weighted by Crippen LogP contribution is 2.32. The smallest absolute Gasteiger partial charge is 0.264 e. The zero-order valence-electron chi connectivity index (χ0n) is 24.5. The van der Waals surface area contributed by atoms with Gasteiger partial charge in [-0.05, 0) is 68.7 Å². The normalized spacial score (nSPS) is 12.0. The molecule has 0 fully saturated rings. The first-order valence-electron chi connectivity index (χ1n) is 13.7. The first-order chi connectivity index (χ1) is 20.0. The Morgan fingerprint density at radius 3 is 2.14 bits per heavy atom. The summed E-state index contributed by atoms with van der Waals surface area (Å²) >= 11 is 6.09. The monoisotopic (exact) mass is 615 g/mol. The summed E-state index contributed by atoms with van der Waals surface area (Å²) in [6, 6.07) is 19.1. The molecule has 0 aromatic heterocycles. The van der Waals surface area contributed by atoms with Crippen LogP contribution in [-0.2, 0) is 26.0 Å². The molecule has 3 rings (SSSR count). The zero-order chi connectivity index (χ0) is 30.9. The molecule has 0 aliphatic rings. The van der Waals surface area contributed by atoms with E-state index in [0.717, 1.165) is 9.87 Å². The van der Waals surface area contributed by atoms with Gasteiger partial charge in [0.25, 0.3) is 10.0 Å². The number of nitrogens with one attached hydrogen (secondary N) is 1. The van der Waals surface area contributed by atoms with Gasteiger partial charge >= 0.3 is 0 Å². The second-order valence-electron chi connectivity index (χ2n) is 9.91. The van der Waals surface area contributed by atoms with Crippen LogP contribution in [0, 0.1) is 0 Å². The molecule has 1 N–H and O–H groups in total. The van der Waals surface area contributed by atoms with Gasteiger partial charge in [-0.15, -0.1) is 0 Å². The Morgan fingerprint density at radius 2 is 1.57 bits per heavy atom. The number of halogens is 1. The summed E-state index contributed by atoms with van der Waals surface area (Å²) in [4.78, 5) is 28.7. The second kappa shape index (κ2) is 14.9. The van der Waals surface area contributed by atoms with Crippen LogP contribution in [0.1, 0.15) is 32.8 Å². The molecule has 3 aromatic rings. The van der Waals surface area contributed by atoms with Crippen LogP contribution in [0.5, 0.6) is 11.5 Å². The first-order valence-corrected chi connectivity index (χ1v) is 15.5. The summed E-state index contributed by atoms with van der Waals surface area (Å²) in [7, 11) is -1.42. The highest BCUT2D eigenvalue weighted by molar-refractivity contribution is 7.92. The predicted octanol–water partition coefficient (Wildman–Crippen LogP) is 4.93. The Balaban J connectivity index is 2.05. The number of sulfonamides is 1. The number of hydrogen-bond acceptors (Lipinski definition) is 6. The summed E-state index contributed by atoms with van der Waals surface area (Å²) in [5.41, 5.74) is 1.23. The molecule has 9 nitrogen and oxygen atoms in total. The molecule has 0 aliphatic heterocycles. The number of amides is 2. The third-order valence-corrected chi connectivity index (χ3v) is 8.66. The van der Waals surface area contributed by atoms with Crippen LogP contribution in [0.25, 0.3) is 0 Å². The molecule has 11 heteroatoms. The Bertz CT molecular complexity index is 1450. The molecular formula is C31H38ClN3O6S. The van der Waals surface area contributed by atoms with Gasteiger partial charge in [0.15, 0.2) is 11.5 Å². The molecule has 1 atom stereocenters. The average Bonchev–Trinajstić information content (AvgIpc) is 2.98. The number of hydrogen-bond donors (Lipinski definition) is 1. The lowest BCUT2D eigenvalue weighted by Crippen LogP contribution is -2.54. The van der Waals surface area contributed by atoms with E-state index in [9.17, 15) is 18.0 Å². The van der Waals surface area contributed by atoms with Crippen LogP contribution < -0.4 is 19.1 Å². The molecule has 2 amide bonds. The molecule has 0 saturated heterocycles. The van der Waals surface area contributed by atoms with Gasteiger partial charge in [-0.25, -0.2) is 8.42 Å². The van der Waals surface area contributed by atoms with Crippen LogP contribution in [0.2, 0.25) is 5.02 Å². The molecule has 42 heavy (non-hydrogen) atoms. The van der Waals surface area contributed by atoms with Crippen molar-refractivity contribution in [2.75, 3.05) is 31.6 Å². The molecule has 3 aromatic carbocycles. The van der Waals surface area contributed by atoms with Gasteiger partial charge in [0.05, 0.1) is 24.8 Å². The van der Waals surface area contributed by atoms with Gasteiger partial charge < -0.3 is 19.7 Å². The minimum atomic E-state index is -4.29. The Labute approximate surface area is 253 Å². The Morgan fingerprint density at radius 1 is 0.929 bits per heavy atom. The maximum absolute atomic E-state index is 14.1. The van der Waals surface area contributed by atoms with Crippen molar-refractivity contribution >= 4 is 39.1 Å². The fourth-order valence-electron chi connectivity index (χ4n) is 4.52. The van der Waals surface area contributed by atoms with Gasteiger partial charge in [0, 0.05) is 23.7 Å². The number of methoxy groups -OCH3 is 2. The minimum Gasteiger partial charge on any atom is -0.493 e. The van der Waals surface area contributed by atoms with Crippen molar-refractivity contribution in [3.63, 3.8) is 0 Å². The average molecular weight is 616 g/mol. The SMILES string of the molecule is CC[C@@H](C(=O)NC(C)C)N(CCc1ccccc1)C(=O)CN(c1ccc(Cl)cc1)S(=O)(=O)c1ccc(OC)c(OC)c1. The number of carbonyl (C=O) groups excluding carboxylic acids is 2. The van der Waals surface area contributed by atoms with E-state index in [2.05, 4.69) is 5.32 Å². The van der Waals surface area contributed by atoms with E-state index in [-0.39, 0.29) is 34.8 Å². The predicted molar refractivity (Wildman–Crippen MR) is 165 cm³/mol. The van der Waals surface area contributed by atoms with Crippen molar-refractivity contribution in [3.8, 4) is 11.5 Å². The number of anilines is 1. The molecule has 0 radical (unpaired) electrons. The third kappa shape index (κ3) is 8.17. The summed E-state index contributed by atoms with van der Waals surface area (Å²) in [6.07, 6.45) is 0.837. The summed E-state index contributed by atoms with van der Waals surface area (Å²) in [5.74, 6) is -0.230. The molecule has 226 valence electrons. The molecular weight excluding hydrogens is 578 g/mol. The van der Waals surface area contributed by atoms with E-state index in [0.29, 0.717) is 23.6 Å². The van der Waals surface area contributed by atoms with E-state index in [4.69, 9.17) is 21.1 Å². The van der Waals surface area contributed by atoms with Crippen LogP contribution in [-0.4, -0.2) is 64.5 Å². The van der Waals surface area contributed by atoms with Gasteiger partial charge in [0.1, 0.15) is 12.6 Å². The number of benzene rings is 3. The minimum absolute atomic E-state index is 0.0941. The zero-order valence-corrected chi connectivity index (χ0v) is 26.1. The van der Waals surface area contributed by atoms with Gasteiger partial charge in [0.2, 0.25) is 11.8 Å². The van der Waals surface area contributed by atoms with Crippen LogP contribution in [0.3, 0.4) is 0 Å². The van der Waals surface area contributed by atoms with Gasteiger partial charge in [-0.2, -0.15) is 0 Å². The van der Waals surface area contributed by atoms with Crippen LogP contribution >= 0.6 is 11.6 Å². The van der Waals surface area contributed by atoms with E-state index >= 15 is 0 Å². The lowest BCUT2D eigenvalue weighted by Gasteiger charge is -2.33. The summed E-state index contributed by atoms with van der Waals surface area (Å²) in [6.45, 7) is 5.19. The molecule has 0 saturated carbocycles. The third-order valence-electron chi connectivity index (χ3n) is 6.64. The second-order valence-corrected chi connectivity index (χ2v) is 12.2. The number of rotatable bonds is 14. The van der Waals surface area contributed by atoms with Crippen molar-refractivity contribution in [1.82, 2.24) is 10.2 Å². The van der Waals surface area contributed by atoms with Crippen molar-refractivity contribution in [2.45, 2.75) is 50.6 Å². The van der Waals surface area contributed by atoms with E-state index < -0.39 is 28.5 Å². The number of carbonyl (C=O) groups is 2. The van der Waals surface area contributed by atoms with Crippen molar-refractivity contribution < 1.29 is 27.5 Å². The molecule has 0 spiro atoms. The fraction of sp³-hybridized carbons (Fsp3) is 0.355.